The normalized spacial score (nSPS) is 12.8. The van der Waals surface area contributed by atoms with Crippen LogP contribution in [0.3, 0.4) is 0 Å². The average molecular weight is 341 g/mol. The lowest BCUT2D eigenvalue weighted by atomic mass is 10.1. The van der Waals surface area contributed by atoms with Crippen LogP contribution in [0, 0.1) is 11.6 Å². The van der Waals surface area contributed by atoms with Crippen molar-refractivity contribution in [2.45, 2.75) is 12.8 Å². The van der Waals surface area contributed by atoms with E-state index in [0.29, 0.717) is 6.42 Å². The van der Waals surface area contributed by atoms with Gasteiger partial charge in [0.1, 0.15) is 23.1 Å². The van der Waals surface area contributed by atoms with E-state index in [-0.39, 0.29) is 5.69 Å². The fraction of sp³-hybridized carbons (Fsp3) is 0.211. The van der Waals surface area contributed by atoms with Crippen molar-refractivity contribution in [2.75, 3.05) is 19.0 Å². The second-order valence-electron chi connectivity index (χ2n) is 5.98. The molecule has 0 unspecified atom stereocenters. The molecule has 0 fully saturated rings. The van der Waals surface area contributed by atoms with Crippen molar-refractivity contribution in [1.29, 1.82) is 0 Å². The van der Waals surface area contributed by atoms with Crippen molar-refractivity contribution in [3.63, 3.8) is 0 Å². The molecule has 0 spiro atoms. The maximum atomic E-state index is 14.2. The quantitative estimate of drug-likeness (QED) is 0.786. The predicted octanol–water partition coefficient (Wildman–Crippen LogP) is 3.72. The number of methoxy groups -OCH3 is 1. The number of hydrogen-bond acceptors (Lipinski definition) is 3. The topological polar surface area (TPSA) is 39.1 Å². The van der Waals surface area contributed by atoms with Gasteiger partial charge in [-0.15, -0.1) is 0 Å². The number of nitrogens with zero attached hydrogens (tertiary/aromatic N) is 2. The smallest absolute Gasteiger partial charge is 0.151 e. The molecule has 0 radical (unpaired) electrons. The van der Waals surface area contributed by atoms with E-state index in [9.17, 15) is 8.78 Å². The summed E-state index contributed by atoms with van der Waals surface area (Å²) < 4.78 is 34.1. The van der Waals surface area contributed by atoms with E-state index in [1.54, 1.807) is 7.11 Å². The van der Waals surface area contributed by atoms with Crippen molar-refractivity contribution in [2.24, 2.45) is 0 Å². The Morgan fingerprint density at radius 1 is 1.16 bits per heavy atom. The van der Waals surface area contributed by atoms with Gasteiger partial charge < -0.3 is 10.1 Å². The van der Waals surface area contributed by atoms with E-state index < -0.39 is 11.6 Å². The molecule has 0 amide bonds. The third-order valence-electron chi connectivity index (χ3n) is 4.40. The number of hydrogen-bond donors (Lipinski definition) is 1. The molecule has 2 heterocycles. The fourth-order valence-electron chi connectivity index (χ4n) is 3.15. The summed E-state index contributed by atoms with van der Waals surface area (Å²) in [6, 6.07) is 11.3. The van der Waals surface area contributed by atoms with Crippen LogP contribution in [0.4, 0.5) is 14.6 Å². The lowest BCUT2D eigenvalue weighted by Gasteiger charge is -2.07. The largest absolute Gasteiger partial charge is 0.497 e. The molecule has 4 nitrogen and oxygen atoms in total. The summed E-state index contributed by atoms with van der Waals surface area (Å²) in [4.78, 5) is 0. The van der Waals surface area contributed by atoms with Crippen LogP contribution in [-0.2, 0) is 12.8 Å². The first-order valence-electron chi connectivity index (χ1n) is 8.08. The van der Waals surface area contributed by atoms with Crippen LogP contribution in [0.5, 0.6) is 5.75 Å². The molecule has 0 atom stereocenters. The second kappa shape index (κ2) is 6.20. The first-order chi connectivity index (χ1) is 12.2. The molecule has 0 saturated heterocycles. The van der Waals surface area contributed by atoms with Crippen molar-refractivity contribution in [3.05, 3.63) is 70.9 Å². The Morgan fingerprint density at radius 3 is 2.68 bits per heavy atom. The fourth-order valence-corrected chi connectivity index (χ4v) is 3.15. The van der Waals surface area contributed by atoms with Crippen molar-refractivity contribution in [1.82, 2.24) is 9.78 Å². The van der Waals surface area contributed by atoms with Crippen molar-refractivity contribution in [3.8, 4) is 11.4 Å². The number of rotatable bonds is 4. The second-order valence-corrected chi connectivity index (χ2v) is 5.98. The number of ether oxygens (including phenoxy) is 1. The number of nitrogens with one attached hydrogen (secondary N) is 1. The predicted molar refractivity (Wildman–Crippen MR) is 91.5 cm³/mol. The zero-order chi connectivity index (χ0) is 17.4. The molecule has 0 bridgehead atoms. The lowest BCUT2D eigenvalue weighted by Crippen LogP contribution is -2.07. The number of aromatic nitrogens is 2. The van der Waals surface area contributed by atoms with E-state index >= 15 is 0 Å². The van der Waals surface area contributed by atoms with E-state index in [1.165, 1.54) is 16.8 Å². The van der Waals surface area contributed by atoms with Gasteiger partial charge in [0, 0.05) is 24.6 Å². The highest BCUT2D eigenvalue weighted by atomic mass is 19.1. The van der Waals surface area contributed by atoms with Crippen LogP contribution in [0.25, 0.3) is 5.69 Å². The molecule has 0 saturated carbocycles. The highest BCUT2D eigenvalue weighted by Gasteiger charge is 2.24. The Balaban J connectivity index is 1.72. The molecule has 4 rings (SSSR count). The standard InChI is InChI=1S/C19H17F2N3O/c1-25-14-5-2-12(3-6-14)10-17-15-8-9-22-19(15)24(23-17)18-7-4-13(20)11-16(18)21/h2-7,11,22H,8-10H2,1H3. The van der Waals surface area contributed by atoms with Crippen LogP contribution in [0.1, 0.15) is 16.8 Å². The summed E-state index contributed by atoms with van der Waals surface area (Å²) in [6.07, 6.45) is 1.48. The molecule has 128 valence electrons. The first kappa shape index (κ1) is 15.6. The lowest BCUT2D eigenvalue weighted by molar-refractivity contribution is 0.414. The Morgan fingerprint density at radius 2 is 1.96 bits per heavy atom. The van der Waals surface area contributed by atoms with E-state index in [1.807, 2.05) is 24.3 Å². The monoisotopic (exact) mass is 341 g/mol. The molecule has 1 aromatic heterocycles. The summed E-state index contributed by atoms with van der Waals surface area (Å²) in [5.74, 6) is 0.357. The Bertz CT molecular complexity index is 919. The van der Waals surface area contributed by atoms with Gasteiger partial charge in [0.05, 0.1) is 12.8 Å². The number of anilines is 1. The van der Waals surface area contributed by atoms with E-state index in [4.69, 9.17) is 4.74 Å². The molecule has 3 aromatic rings. The van der Waals surface area contributed by atoms with Crippen LogP contribution in [-0.4, -0.2) is 23.4 Å². The van der Waals surface area contributed by atoms with Crippen LogP contribution < -0.4 is 10.1 Å². The Hall–Kier alpha value is -2.89. The van der Waals surface area contributed by atoms with Crippen molar-refractivity contribution < 1.29 is 13.5 Å². The van der Waals surface area contributed by atoms with Gasteiger partial charge in [-0.1, -0.05) is 12.1 Å². The highest BCUT2D eigenvalue weighted by Crippen LogP contribution is 2.31. The van der Waals surface area contributed by atoms with Gasteiger partial charge in [-0.2, -0.15) is 5.10 Å². The number of halogens is 2. The molecule has 6 heteroatoms. The minimum atomic E-state index is -0.630. The number of benzene rings is 2. The first-order valence-corrected chi connectivity index (χ1v) is 8.08. The maximum Gasteiger partial charge on any atom is 0.151 e. The molecule has 1 N–H and O–H groups in total. The van der Waals surface area contributed by atoms with Crippen LogP contribution >= 0.6 is 0 Å². The molecule has 25 heavy (non-hydrogen) atoms. The van der Waals surface area contributed by atoms with Crippen molar-refractivity contribution >= 4 is 5.82 Å². The van der Waals surface area contributed by atoms with Crippen LogP contribution in [0.2, 0.25) is 0 Å². The summed E-state index contributed by atoms with van der Waals surface area (Å²) in [6.45, 7) is 0.783. The van der Waals surface area contributed by atoms with E-state index in [2.05, 4.69) is 10.4 Å². The minimum absolute atomic E-state index is 0.244. The van der Waals surface area contributed by atoms with Gasteiger partial charge in [-0.05, 0) is 36.2 Å². The molecular weight excluding hydrogens is 324 g/mol. The van der Waals surface area contributed by atoms with Gasteiger partial charge >= 0.3 is 0 Å². The molecule has 1 aliphatic heterocycles. The zero-order valence-corrected chi connectivity index (χ0v) is 13.7. The Kier molecular flexibility index (Phi) is 3.87. The molecular formula is C19H17F2N3O. The maximum absolute atomic E-state index is 14.2. The third-order valence-corrected chi connectivity index (χ3v) is 4.40. The Labute approximate surface area is 144 Å². The van der Waals surface area contributed by atoms with Gasteiger partial charge in [-0.25, -0.2) is 13.5 Å². The molecule has 0 aliphatic carbocycles. The zero-order valence-electron chi connectivity index (χ0n) is 13.7. The van der Waals surface area contributed by atoms with Gasteiger partial charge in [-0.3, -0.25) is 0 Å². The SMILES string of the molecule is COc1ccc(Cc2nn(-c3ccc(F)cc3F)c3c2CCN3)cc1. The summed E-state index contributed by atoms with van der Waals surface area (Å²) in [5, 5.41) is 7.84. The minimum Gasteiger partial charge on any atom is -0.497 e. The van der Waals surface area contributed by atoms with Gasteiger partial charge in [0.2, 0.25) is 0 Å². The summed E-state index contributed by atoms with van der Waals surface area (Å²) >= 11 is 0. The van der Waals surface area contributed by atoms with E-state index in [0.717, 1.165) is 47.4 Å². The number of fused-ring (bicyclic) bond motifs is 1. The van der Waals surface area contributed by atoms with Gasteiger partial charge in [0.25, 0.3) is 0 Å². The third kappa shape index (κ3) is 2.84. The molecule has 1 aliphatic rings. The summed E-state index contributed by atoms with van der Waals surface area (Å²) in [7, 11) is 1.63. The summed E-state index contributed by atoms with van der Waals surface area (Å²) in [5.41, 5.74) is 3.32. The highest BCUT2D eigenvalue weighted by molar-refractivity contribution is 5.58. The van der Waals surface area contributed by atoms with Gasteiger partial charge in [0.15, 0.2) is 5.82 Å². The average Bonchev–Trinajstić information content (AvgIpc) is 3.20. The van der Waals surface area contributed by atoms with Crippen LogP contribution in [0.15, 0.2) is 42.5 Å². The molecule has 2 aromatic carbocycles.